The number of allylic oxidation sites excluding steroid dienone is 18. The highest BCUT2D eigenvalue weighted by molar-refractivity contribution is 7.99. The van der Waals surface area contributed by atoms with Crippen LogP contribution in [0.1, 0.15) is 27.7 Å². The zero-order chi connectivity index (χ0) is 31.2. The first-order chi connectivity index (χ1) is 19.4. The second-order valence-electron chi connectivity index (χ2n) is 9.74. The van der Waals surface area contributed by atoms with E-state index in [4.69, 9.17) is 9.47 Å². The average Bonchev–Trinajstić information content (AvgIpc) is 2.94. The fourth-order valence-electron chi connectivity index (χ4n) is 4.33. The molecule has 0 amide bonds. The fourth-order valence-corrected chi connectivity index (χ4v) is 5.54. The van der Waals surface area contributed by atoms with Crippen molar-refractivity contribution in [3.63, 3.8) is 0 Å². The lowest BCUT2D eigenvalue weighted by Crippen LogP contribution is -2.28. The van der Waals surface area contributed by atoms with Gasteiger partial charge in [0, 0.05) is 11.3 Å². The van der Waals surface area contributed by atoms with E-state index in [1.54, 1.807) is 12.2 Å². The highest BCUT2D eigenvalue weighted by Crippen LogP contribution is 2.45. The summed E-state index contributed by atoms with van der Waals surface area (Å²) >= 11 is 0. The predicted molar refractivity (Wildman–Crippen MR) is 176 cm³/mol. The minimum Gasteiger partial charge on any atom is -0.497 e. The van der Waals surface area contributed by atoms with Crippen molar-refractivity contribution < 1.29 is 17.9 Å². The van der Waals surface area contributed by atoms with E-state index in [0.29, 0.717) is 11.5 Å². The molecule has 218 valence electrons. The molecule has 2 atom stereocenters. The molecule has 0 aromatic rings. The molecule has 0 aliphatic heterocycles. The van der Waals surface area contributed by atoms with E-state index in [0.717, 1.165) is 11.3 Å². The molecule has 1 aliphatic carbocycles. The molecule has 0 heterocycles. The van der Waals surface area contributed by atoms with Gasteiger partial charge in [-0.15, -0.1) is 0 Å². The van der Waals surface area contributed by atoms with Crippen molar-refractivity contribution in [2.45, 2.75) is 27.7 Å². The Labute approximate surface area is 248 Å². The van der Waals surface area contributed by atoms with Gasteiger partial charge in [0.1, 0.15) is 17.3 Å². The summed E-state index contributed by atoms with van der Waals surface area (Å²) in [5.41, 5.74) is 2.10. The number of ether oxygens (including phenoxy) is 2. The number of hydrogen-bond acceptors (Lipinski definition) is 4. The first-order valence-corrected chi connectivity index (χ1v) is 14.7. The van der Waals surface area contributed by atoms with Crippen LogP contribution >= 0.6 is 0 Å². The minimum absolute atomic E-state index is 0.0137. The highest BCUT2D eigenvalue weighted by atomic mass is 32.2. The Hall–Kier alpha value is -4.09. The van der Waals surface area contributed by atoms with Gasteiger partial charge >= 0.3 is 0 Å². The van der Waals surface area contributed by atoms with Crippen LogP contribution in [0.3, 0.4) is 0 Å². The third-order valence-corrected chi connectivity index (χ3v) is 8.87. The summed E-state index contributed by atoms with van der Waals surface area (Å²) < 4.78 is 37.8. The monoisotopic (exact) mass is 572 g/mol. The van der Waals surface area contributed by atoms with Gasteiger partial charge in [-0.3, -0.25) is 0 Å². The third kappa shape index (κ3) is 8.95. The van der Waals surface area contributed by atoms with Crippen molar-refractivity contribution in [3.8, 4) is 0 Å². The van der Waals surface area contributed by atoms with E-state index in [2.05, 4.69) is 79.3 Å². The van der Waals surface area contributed by atoms with Crippen LogP contribution in [-0.4, -0.2) is 15.5 Å². The van der Waals surface area contributed by atoms with Gasteiger partial charge in [0.25, 0.3) is 0 Å². The molecule has 0 N–H and O–H groups in total. The van der Waals surface area contributed by atoms with Gasteiger partial charge in [-0.1, -0.05) is 121 Å². The summed E-state index contributed by atoms with van der Waals surface area (Å²) in [6.45, 7) is 31.2. The molecule has 5 heteroatoms. The lowest BCUT2D eigenvalue weighted by atomic mass is 9.67. The van der Waals surface area contributed by atoms with Crippen LogP contribution in [-0.2, 0) is 19.3 Å². The van der Waals surface area contributed by atoms with E-state index < -0.39 is 9.84 Å². The van der Waals surface area contributed by atoms with Crippen molar-refractivity contribution in [2.75, 3.05) is 7.11 Å². The van der Waals surface area contributed by atoms with Gasteiger partial charge < -0.3 is 9.47 Å². The molecule has 0 saturated heterocycles. The van der Waals surface area contributed by atoms with Crippen LogP contribution < -0.4 is 0 Å². The van der Waals surface area contributed by atoms with E-state index in [9.17, 15) is 8.42 Å². The molecule has 0 radical (unpaired) electrons. The smallest absolute Gasteiger partial charge is 0.206 e. The van der Waals surface area contributed by atoms with Crippen molar-refractivity contribution in [1.29, 1.82) is 0 Å². The van der Waals surface area contributed by atoms with Gasteiger partial charge in [0.2, 0.25) is 9.84 Å². The van der Waals surface area contributed by atoms with Crippen molar-refractivity contribution in [1.82, 2.24) is 0 Å². The zero-order valence-corrected chi connectivity index (χ0v) is 25.9. The van der Waals surface area contributed by atoms with E-state index in [1.165, 1.54) is 55.2 Å². The van der Waals surface area contributed by atoms with Crippen molar-refractivity contribution >= 4 is 9.84 Å². The second kappa shape index (κ2) is 16.2. The molecule has 0 aromatic carbocycles. The SMILES string of the molecule is C=C/C=C\C=C(/C=C)C(C)(C)C1=CC=C(O/C(C=C)=C/C=C(\C=C)S(=O)(=O)/C(C=C)=C/C=C(\C=C)OC)C(C)[C@@H]1C. The van der Waals surface area contributed by atoms with Gasteiger partial charge in [-0.05, 0) is 54.0 Å². The molecule has 0 bridgehead atoms. The first kappa shape index (κ1) is 34.9. The Morgan fingerprint density at radius 2 is 1.32 bits per heavy atom. The van der Waals surface area contributed by atoms with Crippen LogP contribution in [0.15, 0.2) is 169 Å². The quantitative estimate of drug-likeness (QED) is 0.137. The molecule has 1 aliphatic rings. The molecule has 0 fully saturated rings. The number of sulfone groups is 1. The molecule has 0 spiro atoms. The Morgan fingerprint density at radius 3 is 1.78 bits per heavy atom. The minimum atomic E-state index is -3.91. The topological polar surface area (TPSA) is 52.6 Å². The summed E-state index contributed by atoms with van der Waals surface area (Å²) in [7, 11) is -2.43. The summed E-state index contributed by atoms with van der Waals surface area (Å²) in [5, 5.41) is 0. The average molecular weight is 573 g/mol. The third-order valence-electron chi connectivity index (χ3n) is 7.02. The second-order valence-corrected chi connectivity index (χ2v) is 11.7. The molecule has 4 nitrogen and oxygen atoms in total. The lowest BCUT2D eigenvalue weighted by Gasteiger charge is -2.38. The lowest BCUT2D eigenvalue weighted by molar-refractivity contribution is 0.236. The number of methoxy groups -OCH3 is 1. The summed E-state index contributed by atoms with van der Waals surface area (Å²) in [4.78, 5) is -0.0325. The van der Waals surface area contributed by atoms with Gasteiger partial charge in [0.15, 0.2) is 0 Å². The Bertz CT molecular complexity index is 1400. The molecule has 0 aromatic heterocycles. The molecule has 1 rings (SSSR count). The largest absolute Gasteiger partial charge is 0.497 e. The van der Waals surface area contributed by atoms with Crippen LogP contribution in [0.2, 0.25) is 0 Å². The molecular formula is C36H44O4S. The fraction of sp³-hybridized carbons (Fsp3) is 0.222. The van der Waals surface area contributed by atoms with Crippen LogP contribution in [0.25, 0.3) is 0 Å². The molecular weight excluding hydrogens is 528 g/mol. The van der Waals surface area contributed by atoms with Crippen molar-refractivity contribution in [2.24, 2.45) is 17.3 Å². The van der Waals surface area contributed by atoms with Crippen molar-refractivity contribution in [3.05, 3.63) is 169 Å². The summed E-state index contributed by atoms with van der Waals surface area (Å²) in [6, 6.07) is 0. The van der Waals surface area contributed by atoms with E-state index in [-0.39, 0.29) is 27.1 Å². The van der Waals surface area contributed by atoms with Crippen LogP contribution in [0, 0.1) is 17.3 Å². The van der Waals surface area contributed by atoms with E-state index in [1.807, 2.05) is 24.3 Å². The maximum absolute atomic E-state index is 13.3. The normalized spacial score (nSPS) is 19.6. The number of hydrogen-bond donors (Lipinski definition) is 0. The van der Waals surface area contributed by atoms with Crippen LogP contribution in [0.4, 0.5) is 0 Å². The standard InChI is InChI=1S/C36H44O4S/c1-12-18-19-20-29(13-2)36(9,10)34-25-26-35(28(8)27(34)7)40-31(15-4)22-24-33(17-6)41(37,38)32(16-5)23-21-30(14-3)39-11/h12-28H,1-6H2,7-11H3/b19-18-,29-20+,30-21+,31-22+,32-23+,33-24+/t27-,28?/m0/s1. The zero-order valence-electron chi connectivity index (χ0n) is 25.1. The Kier molecular flexibility index (Phi) is 13.8. The van der Waals surface area contributed by atoms with E-state index >= 15 is 0 Å². The highest BCUT2D eigenvalue weighted by Gasteiger charge is 2.35. The maximum atomic E-state index is 13.3. The molecule has 0 saturated carbocycles. The Balaban J connectivity index is 3.44. The van der Waals surface area contributed by atoms with Crippen LogP contribution in [0.5, 0.6) is 0 Å². The van der Waals surface area contributed by atoms with Gasteiger partial charge in [0.05, 0.1) is 16.9 Å². The molecule has 41 heavy (non-hydrogen) atoms. The van der Waals surface area contributed by atoms with Gasteiger partial charge in [-0.2, -0.15) is 0 Å². The maximum Gasteiger partial charge on any atom is 0.206 e. The van der Waals surface area contributed by atoms with Gasteiger partial charge in [-0.25, -0.2) is 8.42 Å². The summed E-state index contributed by atoms with van der Waals surface area (Å²) in [6.07, 6.45) is 25.0. The number of rotatable bonds is 16. The molecule has 1 unspecified atom stereocenters. The first-order valence-electron chi connectivity index (χ1n) is 13.2. The Morgan fingerprint density at radius 1 is 0.756 bits per heavy atom. The summed E-state index contributed by atoms with van der Waals surface area (Å²) in [5.74, 6) is 1.80. The predicted octanol–water partition coefficient (Wildman–Crippen LogP) is 9.32.